The van der Waals surface area contributed by atoms with Crippen molar-refractivity contribution in [3.63, 3.8) is 0 Å². The second-order valence-electron chi connectivity index (χ2n) is 14.9. The summed E-state index contributed by atoms with van der Waals surface area (Å²) in [5.41, 5.74) is -0.998. The smallest absolute Gasteiger partial charge is 0.289 e. The number of nitrogens with one attached hydrogen (secondary N) is 4. The lowest BCUT2D eigenvalue weighted by Crippen LogP contribution is -2.61. The number of likely N-dealkylation sites (N-methyl/N-ethyl adjacent to an activating group) is 2. The molecule has 2 unspecified atom stereocenters. The molecule has 3 fully saturated rings. The van der Waals surface area contributed by atoms with E-state index in [1.807, 2.05) is 32.7 Å². The lowest BCUT2D eigenvalue weighted by Gasteiger charge is -2.45. The van der Waals surface area contributed by atoms with E-state index in [2.05, 4.69) is 31.2 Å². The zero-order valence-corrected chi connectivity index (χ0v) is 32.3. The van der Waals surface area contributed by atoms with E-state index in [0.717, 1.165) is 70.6 Å². The van der Waals surface area contributed by atoms with E-state index in [4.69, 9.17) is 0 Å². The zero-order valence-electron chi connectivity index (χ0n) is 32.3. The maximum atomic E-state index is 14.3. The zero-order chi connectivity index (χ0) is 39.3. The van der Waals surface area contributed by atoms with Gasteiger partial charge >= 0.3 is 0 Å². The number of nitrogens with zero attached hydrogens (tertiary/aromatic N) is 5. The van der Waals surface area contributed by atoms with Crippen molar-refractivity contribution in [1.29, 1.82) is 0 Å². The SMILES string of the molecule is CCCCC(NC(=O)[C@@H]1CC(N(C)CCCC)(N(C=O)CC)CN1C(=O)CNC(=O)[C@@H](NC(=O)c1cnccn1)C1CCCCC1)C(=O)C(=O)NC1CC1. The second kappa shape index (κ2) is 20.3. The monoisotopic (exact) mass is 753 g/mol. The minimum atomic E-state index is -1.12. The van der Waals surface area contributed by atoms with Crippen molar-refractivity contribution >= 4 is 41.7 Å². The van der Waals surface area contributed by atoms with Crippen molar-refractivity contribution in [2.45, 2.75) is 134 Å². The molecule has 3 aliphatic rings. The molecule has 1 aliphatic heterocycles. The Morgan fingerprint density at radius 1 is 0.981 bits per heavy atom. The maximum Gasteiger partial charge on any atom is 0.289 e. The number of Topliss-reactive ketones (excluding diaryl/α,β-unsaturated/α-hetero) is 1. The van der Waals surface area contributed by atoms with Gasteiger partial charge in [0.1, 0.15) is 23.4 Å². The number of unbranched alkanes of at least 4 members (excludes halogenated alkanes) is 2. The molecular weight excluding hydrogens is 694 g/mol. The molecule has 16 heteroatoms. The Bertz CT molecular complexity index is 1470. The third-order valence-corrected chi connectivity index (χ3v) is 11.0. The number of carbonyl (C=O) groups is 7. The number of carbonyl (C=O) groups excluding carboxylic acids is 7. The Morgan fingerprint density at radius 2 is 1.70 bits per heavy atom. The van der Waals surface area contributed by atoms with Crippen LogP contribution in [-0.4, -0.2) is 129 Å². The Kier molecular flexibility index (Phi) is 15.9. The first-order valence-corrected chi connectivity index (χ1v) is 19.7. The Balaban J connectivity index is 1.59. The summed E-state index contributed by atoms with van der Waals surface area (Å²) in [6.45, 7) is 6.20. The second-order valence-corrected chi connectivity index (χ2v) is 14.9. The standard InChI is InChI=1S/C38H59N9O7/c1-5-8-15-28(33(50)37(54)42-27-16-17-27)43-35(52)30-21-38(46(7-3)25-48,45(4)20-9-6-2)24-47(30)31(49)23-41-36(53)32(26-13-11-10-12-14-26)44-34(51)29-22-39-18-19-40-29/h18-19,22,25-28,30,32H,5-17,20-21,23-24H2,1-4H3,(H,41,53)(H,42,54)(H,43,52)(H,44,51)/t28?,30-,32-,38?/m0/s1. The fourth-order valence-corrected chi connectivity index (χ4v) is 7.60. The fraction of sp³-hybridized carbons (Fsp3) is 0.711. The maximum absolute atomic E-state index is 14.3. The molecule has 2 saturated carbocycles. The third-order valence-electron chi connectivity index (χ3n) is 11.0. The van der Waals surface area contributed by atoms with Crippen LogP contribution in [0.4, 0.5) is 0 Å². The van der Waals surface area contributed by atoms with Crippen molar-refractivity contribution in [2.75, 3.05) is 33.2 Å². The van der Waals surface area contributed by atoms with E-state index in [0.29, 0.717) is 19.5 Å². The van der Waals surface area contributed by atoms with E-state index < -0.39 is 65.7 Å². The Hall–Kier alpha value is -4.47. The molecular formula is C38H59N9O7. The minimum absolute atomic E-state index is 0.0300. The highest BCUT2D eigenvalue weighted by Crippen LogP contribution is 2.35. The summed E-state index contributed by atoms with van der Waals surface area (Å²) in [6.07, 6.45) is 14.1. The van der Waals surface area contributed by atoms with Crippen molar-refractivity contribution in [1.82, 2.24) is 45.9 Å². The van der Waals surface area contributed by atoms with Crippen molar-refractivity contribution in [2.24, 2.45) is 5.92 Å². The molecule has 298 valence electrons. The summed E-state index contributed by atoms with van der Waals surface area (Å²) in [7, 11) is 1.86. The van der Waals surface area contributed by atoms with Gasteiger partial charge in [0.2, 0.25) is 29.9 Å². The van der Waals surface area contributed by atoms with Crippen molar-refractivity contribution in [3.05, 3.63) is 24.3 Å². The van der Waals surface area contributed by atoms with Gasteiger partial charge in [0.05, 0.1) is 25.3 Å². The summed E-state index contributed by atoms with van der Waals surface area (Å²) < 4.78 is 0. The van der Waals surface area contributed by atoms with Crippen LogP contribution in [0.2, 0.25) is 0 Å². The molecule has 16 nitrogen and oxygen atoms in total. The number of hydrogen-bond donors (Lipinski definition) is 4. The number of hydrogen-bond acceptors (Lipinski definition) is 10. The summed E-state index contributed by atoms with van der Waals surface area (Å²) in [6, 6.07) is -3.19. The molecule has 4 N–H and O–H groups in total. The van der Waals surface area contributed by atoms with Crippen LogP contribution in [0.3, 0.4) is 0 Å². The summed E-state index contributed by atoms with van der Waals surface area (Å²) in [4.78, 5) is 107. The highest BCUT2D eigenvalue weighted by Gasteiger charge is 2.54. The lowest BCUT2D eigenvalue weighted by atomic mass is 9.83. The molecule has 1 saturated heterocycles. The van der Waals surface area contributed by atoms with Gasteiger partial charge in [0.25, 0.3) is 11.8 Å². The average Bonchev–Trinajstić information content (AvgIpc) is 3.92. The molecule has 1 aromatic heterocycles. The van der Waals surface area contributed by atoms with Crippen LogP contribution >= 0.6 is 0 Å². The number of likely N-dealkylation sites (tertiary alicyclic amines) is 1. The Morgan fingerprint density at radius 3 is 2.31 bits per heavy atom. The molecule has 0 spiro atoms. The van der Waals surface area contributed by atoms with E-state index >= 15 is 0 Å². The van der Waals surface area contributed by atoms with Gasteiger partial charge in [-0.1, -0.05) is 52.4 Å². The molecule has 2 heterocycles. The first-order chi connectivity index (χ1) is 26.0. The molecule has 4 atom stereocenters. The molecule has 4 rings (SSSR count). The quantitative estimate of drug-likeness (QED) is 0.0806. The topological polar surface area (TPSA) is 203 Å². The van der Waals surface area contributed by atoms with E-state index in [1.54, 1.807) is 4.90 Å². The highest BCUT2D eigenvalue weighted by atomic mass is 16.2. The average molecular weight is 754 g/mol. The molecule has 0 aromatic carbocycles. The number of ketones is 1. The molecule has 0 radical (unpaired) electrons. The minimum Gasteiger partial charge on any atom is -0.347 e. The van der Waals surface area contributed by atoms with Gasteiger partial charge < -0.3 is 31.1 Å². The van der Waals surface area contributed by atoms with Crippen LogP contribution in [0.1, 0.15) is 115 Å². The van der Waals surface area contributed by atoms with Gasteiger partial charge in [-0.3, -0.25) is 43.4 Å². The molecule has 6 amide bonds. The first kappa shape index (κ1) is 42.3. The van der Waals surface area contributed by atoms with Gasteiger partial charge in [-0.25, -0.2) is 4.98 Å². The third kappa shape index (κ3) is 10.8. The molecule has 54 heavy (non-hydrogen) atoms. The summed E-state index contributed by atoms with van der Waals surface area (Å²) >= 11 is 0. The number of rotatable bonds is 21. The van der Waals surface area contributed by atoms with Gasteiger partial charge in [0, 0.05) is 37.9 Å². The van der Waals surface area contributed by atoms with Gasteiger partial charge in [0.15, 0.2) is 0 Å². The summed E-state index contributed by atoms with van der Waals surface area (Å²) in [5.74, 6) is -3.91. The van der Waals surface area contributed by atoms with Crippen LogP contribution in [0.15, 0.2) is 18.6 Å². The largest absolute Gasteiger partial charge is 0.347 e. The molecule has 2 aliphatic carbocycles. The van der Waals surface area contributed by atoms with E-state index in [-0.39, 0.29) is 37.0 Å². The van der Waals surface area contributed by atoms with Gasteiger partial charge in [-0.2, -0.15) is 0 Å². The number of amides is 6. The van der Waals surface area contributed by atoms with Crippen LogP contribution in [0.25, 0.3) is 0 Å². The van der Waals surface area contributed by atoms with E-state index in [1.165, 1.54) is 23.5 Å². The van der Waals surface area contributed by atoms with Gasteiger partial charge in [-0.15, -0.1) is 0 Å². The van der Waals surface area contributed by atoms with Crippen LogP contribution in [0.5, 0.6) is 0 Å². The fourth-order valence-electron chi connectivity index (χ4n) is 7.60. The summed E-state index contributed by atoms with van der Waals surface area (Å²) in [5, 5.41) is 11.1. The Labute approximate surface area is 318 Å². The highest BCUT2D eigenvalue weighted by molar-refractivity contribution is 6.38. The van der Waals surface area contributed by atoms with Crippen molar-refractivity contribution < 1.29 is 33.6 Å². The first-order valence-electron chi connectivity index (χ1n) is 19.7. The lowest BCUT2D eigenvalue weighted by molar-refractivity contribution is -0.142. The van der Waals surface area contributed by atoms with Gasteiger partial charge in [-0.05, 0) is 58.4 Å². The predicted molar refractivity (Wildman–Crippen MR) is 199 cm³/mol. The van der Waals surface area contributed by atoms with Crippen molar-refractivity contribution in [3.8, 4) is 0 Å². The van der Waals surface area contributed by atoms with Crippen LogP contribution < -0.4 is 21.3 Å². The number of aromatic nitrogens is 2. The normalized spacial score (nSPS) is 21.1. The van der Waals surface area contributed by atoms with Crippen LogP contribution in [-0.2, 0) is 28.8 Å². The van der Waals surface area contributed by atoms with Crippen LogP contribution in [0, 0.1) is 5.92 Å². The molecule has 0 bridgehead atoms. The van der Waals surface area contributed by atoms with E-state index in [9.17, 15) is 33.6 Å². The predicted octanol–water partition coefficient (Wildman–Crippen LogP) is 1.30. The molecule has 1 aromatic rings.